The van der Waals surface area contributed by atoms with Gasteiger partial charge in [0.05, 0.1) is 29.4 Å². The zero-order chi connectivity index (χ0) is 18.8. The van der Waals surface area contributed by atoms with Crippen LogP contribution in [0.2, 0.25) is 5.02 Å². The van der Waals surface area contributed by atoms with Crippen LogP contribution in [0.5, 0.6) is 5.75 Å². The van der Waals surface area contributed by atoms with Gasteiger partial charge in [-0.2, -0.15) is 0 Å². The summed E-state index contributed by atoms with van der Waals surface area (Å²) in [5.41, 5.74) is 5.66. The molecule has 0 saturated heterocycles. The molecular formula is C22H18ClN3O. The number of methoxy groups -OCH3 is 1. The Morgan fingerprint density at radius 2 is 1.81 bits per heavy atom. The molecule has 0 bridgehead atoms. The van der Waals surface area contributed by atoms with Gasteiger partial charge >= 0.3 is 0 Å². The van der Waals surface area contributed by atoms with E-state index in [2.05, 4.69) is 15.3 Å². The van der Waals surface area contributed by atoms with Crippen molar-refractivity contribution in [3.8, 4) is 17.0 Å². The van der Waals surface area contributed by atoms with Gasteiger partial charge in [-0.05, 0) is 48.9 Å². The summed E-state index contributed by atoms with van der Waals surface area (Å²) in [7, 11) is 1.67. The highest BCUT2D eigenvalue weighted by Crippen LogP contribution is 2.34. The number of aryl methyl sites for hydroxylation is 1. The van der Waals surface area contributed by atoms with Crippen LogP contribution in [0.1, 0.15) is 5.56 Å². The number of hydrogen-bond acceptors (Lipinski definition) is 4. The number of fused-ring (bicyclic) bond motifs is 1. The smallest absolute Gasteiger partial charge is 0.130 e. The Hall–Kier alpha value is -3.11. The van der Waals surface area contributed by atoms with E-state index < -0.39 is 0 Å². The lowest BCUT2D eigenvalue weighted by Crippen LogP contribution is -1.98. The molecule has 0 aliphatic heterocycles. The van der Waals surface area contributed by atoms with E-state index in [4.69, 9.17) is 16.3 Å². The lowest BCUT2D eigenvalue weighted by atomic mass is 10.1. The topological polar surface area (TPSA) is 47.0 Å². The summed E-state index contributed by atoms with van der Waals surface area (Å²) in [4.78, 5) is 8.99. The fraction of sp³-hybridized carbons (Fsp3) is 0.0909. The van der Waals surface area contributed by atoms with Gasteiger partial charge in [0.25, 0.3) is 0 Å². The maximum atomic E-state index is 6.13. The Morgan fingerprint density at radius 3 is 2.63 bits per heavy atom. The van der Waals surface area contributed by atoms with E-state index in [9.17, 15) is 0 Å². The molecule has 0 spiro atoms. The van der Waals surface area contributed by atoms with E-state index in [0.717, 1.165) is 44.8 Å². The Balaban J connectivity index is 1.80. The van der Waals surface area contributed by atoms with Crippen LogP contribution in [-0.4, -0.2) is 17.1 Å². The van der Waals surface area contributed by atoms with Gasteiger partial charge in [-0.1, -0.05) is 29.8 Å². The first-order valence-electron chi connectivity index (χ1n) is 8.57. The first kappa shape index (κ1) is 17.3. The number of hydrogen-bond donors (Lipinski definition) is 1. The number of ether oxygens (including phenoxy) is 1. The van der Waals surface area contributed by atoms with Crippen molar-refractivity contribution in [1.82, 2.24) is 9.97 Å². The summed E-state index contributed by atoms with van der Waals surface area (Å²) in [6, 6.07) is 17.5. The second-order valence-corrected chi connectivity index (χ2v) is 6.67. The summed E-state index contributed by atoms with van der Waals surface area (Å²) < 4.78 is 5.54. The lowest BCUT2D eigenvalue weighted by Gasteiger charge is -2.15. The van der Waals surface area contributed by atoms with E-state index in [1.165, 1.54) is 0 Å². The molecular weight excluding hydrogens is 358 g/mol. The van der Waals surface area contributed by atoms with Crippen LogP contribution in [0.25, 0.3) is 22.2 Å². The Kier molecular flexibility index (Phi) is 4.65. The van der Waals surface area contributed by atoms with Gasteiger partial charge in [-0.15, -0.1) is 0 Å². The quantitative estimate of drug-likeness (QED) is 0.474. The van der Waals surface area contributed by atoms with Crippen molar-refractivity contribution in [2.24, 2.45) is 0 Å². The Morgan fingerprint density at radius 1 is 0.963 bits per heavy atom. The fourth-order valence-electron chi connectivity index (χ4n) is 3.06. The highest BCUT2D eigenvalue weighted by Gasteiger charge is 2.10. The first-order chi connectivity index (χ1) is 13.2. The molecule has 0 fully saturated rings. The van der Waals surface area contributed by atoms with E-state index in [1.807, 2.05) is 67.7 Å². The van der Waals surface area contributed by atoms with E-state index in [1.54, 1.807) is 13.3 Å². The number of nitrogens with zero attached hydrogens (tertiary/aromatic N) is 2. The molecule has 5 heteroatoms. The number of nitrogens with one attached hydrogen (secondary N) is 1. The van der Waals surface area contributed by atoms with Gasteiger partial charge in [0.2, 0.25) is 0 Å². The van der Waals surface area contributed by atoms with Crippen molar-refractivity contribution in [2.45, 2.75) is 6.92 Å². The van der Waals surface area contributed by atoms with Crippen LogP contribution in [0.4, 0.5) is 11.4 Å². The highest BCUT2D eigenvalue weighted by atomic mass is 35.5. The second-order valence-electron chi connectivity index (χ2n) is 6.23. The molecule has 0 atom stereocenters. The summed E-state index contributed by atoms with van der Waals surface area (Å²) in [5, 5.41) is 5.16. The average Bonchev–Trinajstić information content (AvgIpc) is 2.69. The number of pyridine rings is 2. The second kappa shape index (κ2) is 7.25. The number of benzene rings is 2. The summed E-state index contributed by atoms with van der Waals surface area (Å²) in [6.45, 7) is 2.03. The molecule has 1 N–H and O–H groups in total. The van der Waals surface area contributed by atoms with Gasteiger partial charge in [0.15, 0.2) is 0 Å². The van der Waals surface area contributed by atoms with E-state index >= 15 is 0 Å². The Labute approximate surface area is 162 Å². The zero-order valence-corrected chi connectivity index (χ0v) is 15.8. The minimum Gasteiger partial charge on any atom is -0.496 e. The van der Waals surface area contributed by atoms with Crippen LogP contribution in [0.15, 0.2) is 67.0 Å². The van der Waals surface area contributed by atoms with Crippen LogP contribution in [-0.2, 0) is 0 Å². The molecule has 0 amide bonds. The number of halogens is 1. The molecule has 0 unspecified atom stereocenters. The maximum absolute atomic E-state index is 6.13. The van der Waals surface area contributed by atoms with Crippen molar-refractivity contribution in [3.05, 3.63) is 77.6 Å². The molecule has 2 aromatic carbocycles. The molecule has 27 heavy (non-hydrogen) atoms. The van der Waals surface area contributed by atoms with Gasteiger partial charge in [-0.25, -0.2) is 0 Å². The van der Waals surface area contributed by atoms with Crippen LogP contribution in [0.3, 0.4) is 0 Å². The normalized spacial score (nSPS) is 10.8. The van der Waals surface area contributed by atoms with E-state index in [0.29, 0.717) is 5.02 Å². The van der Waals surface area contributed by atoms with Crippen LogP contribution >= 0.6 is 11.6 Å². The molecule has 2 aromatic heterocycles. The standard InChI is InChI=1S/C22H18ClN3O/c1-14-13-25-20(15-5-3-6-16(23)11-15)12-19(14)26-18-9-10-24-17-7-4-8-21(27-2)22(17)18/h3-13H,1-2H3,(H,24,25,26). The number of aromatic nitrogens is 2. The molecule has 0 radical (unpaired) electrons. The Bertz CT molecular complexity index is 1120. The fourth-order valence-corrected chi connectivity index (χ4v) is 3.25. The van der Waals surface area contributed by atoms with Gasteiger partial charge in [0, 0.05) is 28.7 Å². The van der Waals surface area contributed by atoms with Crippen LogP contribution < -0.4 is 10.1 Å². The highest BCUT2D eigenvalue weighted by molar-refractivity contribution is 6.30. The molecule has 4 aromatic rings. The molecule has 4 rings (SSSR count). The SMILES string of the molecule is COc1cccc2nccc(Nc3cc(-c4cccc(Cl)c4)ncc3C)c12. The van der Waals surface area contributed by atoms with Crippen molar-refractivity contribution in [1.29, 1.82) is 0 Å². The average molecular weight is 376 g/mol. The lowest BCUT2D eigenvalue weighted by molar-refractivity contribution is 0.420. The number of anilines is 2. The monoisotopic (exact) mass is 375 g/mol. The van der Waals surface area contributed by atoms with Crippen molar-refractivity contribution in [3.63, 3.8) is 0 Å². The summed E-state index contributed by atoms with van der Waals surface area (Å²) in [6.07, 6.45) is 3.65. The molecule has 0 aliphatic carbocycles. The largest absolute Gasteiger partial charge is 0.496 e. The van der Waals surface area contributed by atoms with Gasteiger partial charge < -0.3 is 10.1 Å². The van der Waals surface area contributed by atoms with Crippen molar-refractivity contribution >= 4 is 33.9 Å². The molecule has 134 valence electrons. The minimum atomic E-state index is 0.689. The number of rotatable bonds is 4. The van der Waals surface area contributed by atoms with Crippen molar-refractivity contribution in [2.75, 3.05) is 12.4 Å². The first-order valence-corrected chi connectivity index (χ1v) is 8.95. The third-order valence-corrected chi connectivity index (χ3v) is 4.68. The molecule has 0 saturated carbocycles. The van der Waals surface area contributed by atoms with Crippen molar-refractivity contribution < 1.29 is 4.74 Å². The molecule has 2 heterocycles. The maximum Gasteiger partial charge on any atom is 0.130 e. The predicted octanol–water partition coefficient (Wildman–Crippen LogP) is 6.01. The summed E-state index contributed by atoms with van der Waals surface area (Å²) in [5.74, 6) is 0.782. The predicted molar refractivity (Wildman–Crippen MR) is 111 cm³/mol. The molecule has 4 nitrogen and oxygen atoms in total. The molecule has 0 aliphatic rings. The van der Waals surface area contributed by atoms with E-state index in [-0.39, 0.29) is 0 Å². The minimum absolute atomic E-state index is 0.689. The van der Waals surface area contributed by atoms with Crippen LogP contribution in [0, 0.1) is 6.92 Å². The third kappa shape index (κ3) is 3.44. The van der Waals surface area contributed by atoms with Gasteiger partial charge in [0.1, 0.15) is 5.75 Å². The van der Waals surface area contributed by atoms with Gasteiger partial charge in [-0.3, -0.25) is 9.97 Å². The third-order valence-electron chi connectivity index (χ3n) is 4.44. The zero-order valence-electron chi connectivity index (χ0n) is 15.0. The summed E-state index contributed by atoms with van der Waals surface area (Å²) >= 11 is 6.13.